The molecule has 0 spiro atoms. The van der Waals surface area contributed by atoms with Gasteiger partial charge >= 0.3 is 0 Å². The number of aliphatic imine (C=N–C) groups is 1. The van der Waals surface area contributed by atoms with Gasteiger partial charge in [0.1, 0.15) is 0 Å². The third-order valence-corrected chi connectivity index (χ3v) is 8.47. The van der Waals surface area contributed by atoms with E-state index < -0.39 is 9.84 Å². The molecular weight excluding hydrogens is 434 g/mol. The summed E-state index contributed by atoms with van der Waals surface area (Å²) in [7, 11) is -0.348. The van der Waals surface area contributed by atoms with E-state index in [0.29, 0.717) is 17.4 Å². The van der Waals surface area contributed by atoms with Gasteiger partial charge < -0.3 is 9.47 Å². The van der Waals surface area contributed by atoms with Gasteiger partial charge in [0, 0.05) is 17.0 Å². The van der Waals surface area contributed by atoms with E-state index in [1.807, 2.05) is 18.2 Å². The fraction of sp³-hybridized carbons (Fsp3) is 0.296. The topological polar surface area (TPSA) is 65.0 Å². The highest BCUT2D eigenvalue weighted by Crippen LogP contribution is 2.44. The van der Waals surface area contributed by atoms with Crippen molar-refractivity contribution in [2.75, 3.05) is 14.2 Å². The number of nitrogens with zero attached hydrogens (tertiary/aromatic N) is 1. The average molecular weight is 462 g/mol. The molecule has 1 aliphatic heterocycles. The molecule has 1 saturated carbocycles. The zero-order valence-electron chi connectivity index (χ0n) is 18.8. The van der Waals surface area contributed by atoms with Gasteiger partial charge in [-0.3, -0.25) is 4.99 Å². The fourth-order valence-electron chi connectivity index (χ4n) is 5.05. The van der Waals surface area contributed by atoms with Gasteiger partial charge in [-0.2, -0.15) is 0 Å². The Morgan fingerprint density at radius 2 is 1.52 bits per heavy atom. The number of hydrogen-bond acceptors (Lipinski definition) is 5. The van der Waals surface area contributed by atoms with Gasteiger partial charge in [0.25, 0.3) is 0 Å². The van der Waals surface area contributed by atoms with Crippen LogP contribution in [0.25, 0.3) is 0 Å². The van der Waals surface area contributed by atoms with E-state index in [0.717, 1.165) is 36.1 Å². The number of methoxy groups -OCH3 is 2. The molecule has 0 unspecified atom stereocenters. The molecule has 2 atom stereocenters. The van der Waals surface area contributed by atoms with Crippen LogP contribution in [0.5, 0.6) is 11.5 Å². The second-order valence-corrected chi connectivity index (χ2v) is 10.5. The lowest BCUT2D eigenvalue weighted by Gasteiger charge is -2.35. The Hall–Kier alpha value is -3.12. The maximum absolute atomic E-state index is 13.2. The third kappa shape index (κ3) is 3.82. The van der Waals surface area contributed by atoms with Crippen molar-refractivity contribution in [1.29, 1.82) is 0 Å². The number of fused-ring (bicyclic) bond motifs is 3. The van der Waals surface area contributed by atoms with Crippen molar-refractivity contribution in [2.45, 2.75) is 47.4 Å². The first-order valence-corrected chi connectivity index (χ1v) is 12.8. The minimum atomic E-state index is -3.62. The number of hydrogen-bond donors (Lipinski definition) is 0. The molecule has 0 aromatic heterocycles. The predicted octanol–water partition coefficient (Wildman–Crippen LogP) is 5.41. The smallest absolute Gasteiger partial charge is 0.206 e. The Morgan fingerprint density at radius 1 is 0.818 bits per heavy atom. The molecule has 170 valence electrons. The molecule has 3 aromatic carbocycles. The molecule has 2 aliphatic rings. The summed E-state index contributed by atoms with van der Waals surface area (Å²) in [5, 5.41) is 0. The minimum Gasteiger partial charge on any atom is -0.493 e. The van der Waals surface area contributed by atoms with Crippen LogP contribution in [-0.4, -0.2) is 34.4 Å². The van der Waals surface area contributed by atoms with Crippen LogP contribution in [-0.2, 0) is 9.84 Å². The second-order valence-electron chi connectivity index (χ2n) is 8.57. The lowest BCUT2D eigenvalue weighted by atomic mass is 9.75. The van der Waals surface area contributed by atoms with Crippen molar-refractivity contribution in [3.05, 3.63) is 83.4 Å². The Morgan fingerprint density at radius 3 is 2.27 bits per heavy atom. The molecule has 5 rings (SSSR count). The molecule has 3 aromatic rings. The first kappa shape index (κ1) is 21.7. The van der Waals surface area contributed by atoms with Crippen molar-refractivity contribution < 1.29 is 17.9 Å². The monoisotopic (exact) mass is 461 g/mol. The van der Waals surface area contributed by atoms with E-state index in [9.17, 15) is 8.42 Å². The molecule has 0 bridgehead atoms. The summed E-state index contributed by atoms with van der Waals surface area (Å²) in [5.41, 5.74) is 3.81. The maximum Gasteiger partial charge on any atom is 0.206 e. The molecule has 0 amide bonds. The zero-order valence-corrected chi connectivity index (χ0v) is 19.6. The highest BCUT2D eigenvalue weighted by atomic mass is 32.2. The largest absolute Gasteiger partial charge is 0.493 e. The lowest BCUT2D eigenvalue weighted by Crippen LogP contribution is -2.29. The number of ether oxygens (including phenoxy) is 2. The summed E-state index contributed by atoms with van der Waals surface area (Å²) in [5.74, 6) is 1.70. The maximum atomic E-state index is 13.2. The first-order chi connectivity index (χ1) is 16.0. The van der Waals surface area contributed by atoms with Crippen molar-refractivity contribution >= 4 is 15.5 Å². The standard InChI is InChI=1S/C27H27NO4S/c1-31-25-16-22-21-13-6-7-14-24(21)28-27(23(22)17-26(25)32-2)18-9-8-12-20(15-18)33(29,30)19-10-4-3-5-11-19/h3-5,8-12,15-17,21,24H,6-7,13-14H2,1-2H3/t21-,24-/m0/s1. The van der Waals surface area contributed by atoms with Gasteiger partial charge in [-0.05, 0) is 54.8 Å². The van der Waals surface area contributed by atoms with Gasteiger partial charge in [-0.1, -0.05) is 43.2 Å². The minimum absolute atomic E-state index is 0.189. The Bertz CT molecular complexity index is 1320. The Balaban J connectivity index is 1.66. The molecule has 0 saturated heterocycles. The molecule has 0 radical (unpaired) electrons. The van der Waals surface area contributed by atoms with Crippen molar-refractivity contribution in [2.24, 2.45) is 4.99 Å². The molecule has 33 heavy (non-hydrogen) atoms. The van der Waals surface area contributed by atoms with E-state index in [1.54, 1.807) is 56.7 Å². The van der Waals surface area contributed by atoms with Crippen molar-refractivity contribution in [1.82, 2.24) is 0 Å². The van der Waals surface area contributed by atoms with Crippen LogP contribution in [0.2, 0.25) is 0 Å². The SMILES string of the molecule is COc1cc2c(cc1OC)[C@@H]1CCCC[C@@H]1N=C2c1cccc(S(=O)(=O)c2ccccc2)c1. The predicted molar refractivity (Wildman–Crippen MR) is 129 cm³/mol. The van der Waals surface area contributed by atoms with Gasteiger partial charge in [0.15, 0.2) is 11.5 Å². The van der Waals surface area contributed by atoms with Gasteiger partial charge in [0.05, 0.1) is 35.8 Å². The second kappa shape index (κ2) is 8.67. The summed E-state index contributed by atoms with van der Waals surface area (Å²) in [6, 6.07) is 19.9. The molecule has 0 N–H and O–H groups in total. The van der Waals surface area contributed by atoms with Gasteiger partial charge in [-0.15, -0.1) is 0 Å². The van der Waals surface area contributed by atoms with Crippen LogP contribution < -0.4 is 9.47 Å². The molecule has 1 heterocycles. The highest BCUT2D eigenvalue weighted by molar-refractivity contribution is 7.91. The Labute approximate surface area is 195 Å². The molecule has 1 fully saturated rings. The molecular formula is C27H27NO4S. The van der Waals surface area contributed by atoms with E-state index in [2.05, 4.69) is 6.07 Å². The average Bonchev–Trinajstić information content (AvgIpc) is 2.88. The summed E-state index contributed by atoms with van der Waals surface area (Å²) in [6.45, 7) is 0. The number of rotatable bonds is 5. The van der Waals surface area contributed by atoms with Crippen LogP contribution in [0.3, 0.4) is 0 Å². The van der Waals surface area contributed by atoms with Crippen LogP contribution in [0, 0.1) is 0 Å². The first-order valence-electron chi connectivity index (χ1n) is 11.3. The summed E-state index contributed by atoms with van der Waals surface area (Å²) >= 11 is 0. The van der Waals surface area contributed by atoms with Gasteiger partial charge in [0.2, 0.25) is 9.84 Å². The van der Waals surface area contributed by atoms with Crippen molar-refractivity contribution in [3.63, 3.8) is 0 Å². The van der Waals surface area contributed by atoms with E-state index in [4.69, 9.17) is 14.5 Å². The summed E-state index contributed by atoms with van der Waals surface area (Å²) in [6.07, 6.45) is 4.46. The molecule has 6 heteroatoms. The van der Waals surface area contributed by atoms with Crippen molar-refractivity contribution in [3.8, 4) is 11.5 Å². The van der Waals surface area contributed by atoms with Crippen LogP contribution in [0.15, 0.2) is 81.5 Å². The van der Waals surface area contributed by atoms with E-state index in [1.165, 1.54) is 12.0 Å². The molecule has 5 nitrogen and oxygen atoms in total. The van der Waals surface area contributed by atoms with Crippen LogP contribution >= 0.6 is 0 Å². The lowest BCUT2D eigenvalue weighted by molar-refractivity contribution is 0.349. The number of benzene rings is 3. The van der Waals surface area contributed by atoms with E-state index >= 15 is 0 Å². The van der Waals surface area contributed by atoms with Crippen LogP contribution in [0.4, 0.5) is 0 Å². The quantitative estimate of drug-likeness (QED) is 0.509. The van der Waals surface area contributed by atoms with Gasteiger partial charge in [-0.25, -0.2) is 8.42 Å². The number of sulfone groups is 1. The fourth-order valence-corrected chi connectivity index (χ4v) is 6.37. The summed E-state index contributed by atoms with van der Waals surface area (Å²) in [4.78, 5) is 5.72. The van der Waals surface area contributed by atoms with Crippen LogP contribution in [0.1, 0.15) is 48.3 Å². The highest BCUT2D eigenvalue weighted by Gasteiger charge is 2.35. The summed E-state index contributed by atoms with van der Waals surface area (Å²) < 4.78 is 37.7. The third-order valence-electron chi connectivity index (χ3n) is 6.71. The zero-order chi connectivity index (χ0) is 23.0. The van der Waals surface area contributed by atoms with E-state index in [-0.39, 0.29) is 15.8 Å². The Kier molecular flexibility index (Phi) is 5.71. The normalized spacial score (nSPS) is 19.8. The molecule has 1 aliphatic carbocycles.